The van der Waals surface area contributed by atoms with Crippen LogP contribution in [0.15, 0.2) is 12.1 Å². The Labute approximate surface area is 190 Å². The number of methoxy groups -OCH3 is 1. The number of hydrogen-bond donors (Lipinski definition) is 2. The Morgan fingerprint density at radius 2 is 1.97 bits per heavy atom. The van der Waals surface area contributed by atoms with Crippen LogP contribution in [0.3, 0.4) is 0 Å². The number of nitrogens with zero attached hydrogens (tertiary/aromatic N) is 2. The first-order valence-electron chi connectivity index (χ1n) is 12.0. The van der Waals surface area contributed by atoms with Crippen molar-refractivity contribution in [3.05, 3.63) is 23.3 Å². The number of fused-ring (bicyclic) bond motifs is 2. The number of aliphatic hydroxyl groups is 1. The quantitative estimate of drug-likeness (QED) is 0.688. The van der Waals surface area contributed by atoms with Crippen LogP contribution < -0.4 is 4.74 Å². The van der Waals surface area contributed by atoms with Crippen LogP contribution in [0.25, 0.3) is 0 Å². The predicted octanol–water partition coefficient (Wildman–Crippen LogP) is 3.48. The summed E-state index contributed by atoms with van der Waals surface area (Å²) in [5.41, 5.74) is -0.159. The Morgan fingerprint density at radius 1 is 1.22 bits per heavy atom. The van der Waals surface area contributed by atoms with E-state index in [2.05, 4.69) is 27.0 Å². The van der Waals surface area contributed by atoms with Gasteiger partial charge in [-0.2, -0.15) is 5.26 Å². The van der Waals surface area contributed by atoms with Crippen LogP contribution in [0.5, 0.6) is 11.5 Å². The van der Waals surface area contributed by atoms with Gasteiger partial charge in [0.1, 0.15) is 11.7 Å². The Kier molecular flexibility index (Phi) is 3.70. The number of aromatic hydroxyl groups is 1. The molecule has 4 bridgehead atoms. The number of piperidine rings is 1. The predicted molar refractivity (Wildman–Crippen MR) is 118 cm³/mol. The zero-order chi connectivity index (χ0) is 22.9. The maximum atomic E-state index is 12.0. The third-order valence-electron chi connectivity index (χ3n) is 10.7. The van der Waals surface area contributed by atoms with Gasteiger partial charge in [-0.05, 0) is 56.1 Å². The lowest BCUT2D eigenvalue weighted by atomic mass is 9.33. The van der Waals surface area contributed by atoms with Crippen molar-refractivity contribution < 1.29 is 19.7 Å². The second kappa shape index (κ2) is 5.74. The molecule has 3 saturated carbocycles. The molecule has 0 amide bonds. The first-order chi connectivity index (χ1) is 15.0. The number of nitriles is 1. The van der Waals surface area contributed by atoms with E-state index in [1.54, 1.807) is 13.2 Å². The van der Waals surface area contributed by atoms with Crippen molar-refractivity contribution in [2.45, 2.75) is 88.6 Å². The molecule has 6 heteroatoms. The van der Waals surface area contributed by atoms with Crippen molar-refractivity contribution in [2.75, 3.05) is 13.7 Å². The monoisotopic (exact) mass is 438 g/mol. The molecule has 7 atom stereocenters. The van der Waals surface area contributed by atoms with Gasteiger partial charge in [0, 0.05) is 42.0 Å². The van der Waals surface area contributed by atoms with Gasteiger partial charge in [-0.15, -0.1) is 0 Å². The molecular weight excluding hydrogens is 404 g/mol. The van der Waals surface area contributed by atoms with Crippen molar-refractivity contribution in [3.63, 3.8) is 0 Å². The minimum atomic E-state index is -0.996. The first kappa shape index (κ1) is 20.6. The summed E-state index contributed by atoms with van der Waals surface area (Å²) >= 11 is 0. The van der Waals surface area contributed by atoms with E-state index in [4.69, 9.17) is 9.47 Å². The van der Waals surface area contributed by atoms with Crippen molar-refractivity contribution in [3.8, 4) is 17.7 Å². The highest BCUT2D eigenvalue weighted by atomic mass is 16.6. The lowest BCUT2D eigenvalue weighted by molar-refractivity contribution is -0.309. The summed E-state index contributed by atoms with van der Waals surface area (Å²) in [4.78, 5) is 1.99. The van der Waals surface area contributed by atoms with Gasteiger partial charge >= 0.3 is 0 Å². The molecular formula is C26H34N2O4. The fraction of sp³-hybridized carbons (Fsp3) is 0.731. The maximum Gasteiger partial charge on any atom is 0.179 e. The van der Waals surface area contributed by atoms with Crippen molar-refractivity contribution in [1.29, 1.82) is 5.26 Å². The molecule has 6 aliphatic rings. The fourth-order valence-corrected chi connectivity index (χ4v) is 8.76. The molecule has 4 aliphatic carbocycles. The van der Waals surface area contributed by atoms with Gasteiger partial charge in [0.05, 0.1) is 5.60 Å². The second-order valence-electron chi connectivity index (χ2n) is 12.1. The topological polar surface area (TPSA) is 86.0 Å². The minimum absolute atomic E-state index is 0.0729. The Balaban J connectivity index is 1.66. The van der Waals surface area contributed by atoms with Gasteiger partial charge in [-0.1, -0.05) is 26.8 Å². The third kappa shape index (κ3) is 1.89. The highest BCUT2D eigenvalue weighted by Gasteiger charge is 2.82. The Hall–Kier alpha value is -1.97. The van der Waals surface area contributed by atoms with Gasteiger partial charge in [0.2, 0.25) is 0 Å². The van der Waals surface area contributed by atoms with E-state index >= 15 is 0 Å². The number of ether oxygens (including phenoxy) is 2. The average Bonchev–Trinajstić information content (AvgIpc) is 3.11. The molecule has 2 heterocycles. The summed E-state index contributed by atoms with van der Waals surface area (Å²) < 4.78 is 13.2. The van der Waals surface area contributed by atoms with E-state index in [1.807, 2.05) is 17.9 Å². The van der Waals surface area contributed by atoms with Crippen LogP contribution in [0.1, 0.15) is 64.5 Å². The maximum absolute atomic E-state index is 12.0. The Morgan fingerprint density at radius 3 is 2.62 bits per heavy atom. The van der Waals surface area contributed by atoms with E-state index in [1.165, 1.54) is 5.56 Å². The fourth-order valence-electron chi connectivity index (χ4n) is 8.76. The normalized spacial score (nSPS) is 42.7. The van der Waals surface area contributed by atoms with Crippen molar-refractivity contribution in [2.24, 2.45) is 16.7 Å². The molecule has 1 aromatic carbocycles. The van der Waals surface area contributed by atoms with Crippen LogP contribution in [-0.2, 0) is 16.6 Å². The van der Waals surface area contributed by atoms with E-state index in [0.29, 0.717) is 12.3 Å². The molecule has 0 radical (unpaired) electrons. The minimum Gasteiger partial charge on any atom is -0.504 e. The SMILES string of the molecule is CO[C@]12CC[C@@]3(C[C@@H]1C(C)(O)C(C)(C)C)[C@H]1Cc4ccc(O)c5c4[C@@]3(CCN1C#N)[C@H]2O5. The van der Waals surface area contributed by atoms with Gasteiger partial charge in [0.25, 0.3) is 0 Å². The highest BCUT2D eigenvalue weighted by Crippen LogP contribution is 2.77. The van der Waals surface area contributed by atoms with Crippen LogP contribution in [-0.4, -0.2) is 52.1 Å². The molecule has 172 valence electrons. The van der Waals surface area contributed by atoms with Gasteiger partial charge in [-0.3, -0.25) is 0 Å². The molecule has 7 rings (SSSR count). The van der Waals surface area contributed by atoms with Crippen LogP contribution in [0.4, 0.5) is 0 Å². The summed E-state index contributed by atoms with van der Waals surface area (Å²) in [5, 5.41) is 32.9. The Bertz CT molecular complexity index is 1060. The molecule has 2 aliphatic heterocycles. The molecule has 1 saturated heterocycles. The first-order valence-corrected chi connectivity index (χ1v) is 12.0. The molecule has 1 aromatic rings. The number of benzene rings is 1. The van der Waals surface area contributed by atoms with Gasteiger partial charge in [-0.25, -0.2) is 0 Å². The van der Waals surface area contributed by atoms with Crippen LogP contribution in [0, 0.1) is 28.2 Å². The van der Waals surface area contributed by atoms with E-state index < -0.39 is 11.2 Å². The number of rotatable bonds is 2. The molecule has 2 spiro atoms. The summed E-state index contributed by atoms with van der Waals surface area (Å²) in [6, 6.07) is 3.83. The number of phenolic OH excluding ortho intramolecular Hbond substituents is 1. The summed E-state index contributed by atoms with van der Waals surface area (Å²) in [7, 11) is 1.76. The molecule has 6 nitrogen and oxygen atoms in total. The second-order valence-corrected chi connectivity index (χ2v) is 12.1. The van der Waals surface area contributed by atoms with E-state index in [0.717, 1.165) is 37.7 Å². The summed E-state index contributed by atoms with van der Waals surface area (Å²) in [5.74, 6) is 0.653. The van der Waals surface area contributed by atoms with Crippen molar-refractivity contribution >= 4 is 0 Å². The number of phenols is 1. The van der Waals surface area contributed by atoms with Gasteiger partial charge < -0.3 is 24.6 Å². The molecule has 0 aromatic heterocycles. The largest absolute Gasteiger partial charge is 0.504 e. The third-order valence-corrected chi connectivity index (χ3v) is 10.7. The zero-order valence-electron chi connectivity index (χ0n) is 19.7. The molecule has 32 heavy (non-hydrogen) atoms. The van der Waals surface area contributed by atoms with Crippen molar-refractivity contribution in [1.82, 2.24) is 4.90 Å². The number of hydrogen-bond acceptors (Lipinski definition) is 6. The lowest BCUT2D eigenvalue weighted by Gasteiger charge is -2.75. The van der Waals surface area contributed by atoms with E-state index in [-0.39, 0.29) is 40.1 Å². The summed E-state index contributed by atoms with van der Waals surface area (Å²) in [6.07, 6.45) is 6.31. The molecule has 1 unspecified atom stereocenters. The highest BCUT2D eigenvalue weighted by molar-refractivity contribution is 5.63. The standard InChI is InChI=1S/C26H34N2O4/c1-22(2,3)23(4,30)17-13-24-8-9-26(17,31-5)21-25(24)10-11-28(14-27)18(24)12-15-6-7-16(29)20(32-21)19(15)25/h6-7,17-18,21,29-30H,8-13H2,1-5H3/t17-,18-,21-,23?,24-,25+,26-/m1/s1. The van der Waals surface area contributed by atoms with E-state index in [9.17, 15) is 15.5 Å². The zero-order valence-corrected chi connectivity index (χ0v) is 19.7. The number of likely N-dealkylation sites (tertiary alicyclic amines) is 1. The van der Waals surface area contributed by atoms with Crippen LogP contribution >= 0.6 is 0 Å². The average molecular weight is 439 g/mol. The molecule has 4 fully saturated rings. The van der Waals surface area contributed by atoms with Gasteiger partial charge in [0.15, 0.2) is 17.7 Å². The summed E-state index contributed by atoms with van der Waals surface area (Å²) in [6.45, 7) is 8.90. The smallest absolute Gasteiger partial charge is 0.179 e. The molecule has 2 N–H and O–H groups in total. The van der Waals surface area contributed by atoms with Crippen LogP contribution in [0.2, 0.25) is 0 Å². The lowest BCUT2D eigenvalue weighted by Crippen LogP contribution is -2.83.